The predicted octanol–water partition coefficient (Wildman–Crippen LogP) is 2.19. The first-order valence-corrected chi connectivity index (χ1v) is 8.25. The lowest BCUT2D eigenvalue weighted by Gasteiger charge is -2.25. The Kier molecular flexibility index (Phi) is 5.57. The van der Waals surface area contributed by atoms with Crippen LogP contribution in [0.1, 0.15) is 0 Å². The molecule has 2 aromatic rings. The molecule has 1 saturated heterocycles. The Balaban J connectivity index is 1.91. The highest BCUT2D eigenvalue weighted by molar-refractivity contribution is 7.71. The van der Waals surface area contributed by atoms with Crippen LogP contribution in [0.5, 0.6) is 17.2 Å². The first-order chi connectivity index (χ1) is 12.2. The van der Waals surface area contributed by atoms with Crippen molar-refractivity contribution >= 4 is 12.2 Å². The third-order valence-corrected chi connectivity index (χ3v) is 4.25. The SMILES string of the molecule is COc1cc(-c2nn(CN3CCOCC3)c(=S)o2)cc(OC)c1OC. The van der Waals surface area contributed by atoms with Gasteiger partial charge in [0.15, 0.2) is 11.5 Å². The van der Waals surface area contributed by atoms with Crippen LogP contribution in [0.3, 0.4) is 0 Å². The van der Waals surface area contributed by atoms with Crippen molar-refractivity contribution in [2.24, 2.45) is 0 Å². The minimum absolute atomic E-state index is 0.315. The quantitative estimate of drug-likeness (QED) is 0.720. The maximum atomic E-state index is 5.67. The van der Waals surface area contributed by atoms with E-state index in [4.69, 9.17) is 35.6 Å². The zero-order chi connectivity index (χ0) is 17.8. The van der Waals surface area contributed by atoms with Gasteiger partial charge in [0.05, 0.1) is 41.2 Å². The number of rotatable bonds is 6. The highest BCUT2D eigenvalue weighted by Crippen LogP contribution is 2.40. The van der Waals surface area contributed by atoms with Crippen molar-refractivity contribution in [3.8, 4) is 28.7 Å². The van der Waals surface area contributed by atoms with Crippen molar-refractivity contribution in [3.63, 3.8) is 0 Å². The van der Waals surface area contributed by atoms with Crippen LogP contribution in [-0.2, 0) is 11.4 Å². The van der Waals surface area contributed by atoms with Crippen molar-refractivity contribution in [2.45, 2.75) is 6.67 Å². The van der Waals surface area contributed by atoms with Crippen LogP contribution in [0.25, 0.3) is 11.5 Å². The molecule has 1 aliphatic heterocycles. The molecule has 0 saturated carbocycles. The molecule has 0 atom stereocenters. The van der Waals surface area contributed by atoms with Crippen LogP contribution in [-0.4, -0.2) is 62.3 Å². The van der Waals surface area contributed by atoms with Crippen molar-refractivity contribution in [2.75, 3.05) is 47.6 Å². The van der Waals surface area contributed by atoms with Gasteiger partial charge in [-0.25, -0.2) is 4.68 Å². The Labute approximate surface area is 150 Å². The summed E-state index contributed by atoms with van der Waals surface area (Å²) in [5, 5.41) is 4.49. The fourth-order valence-electron chi connectivity index (χ4n) is 2.65. The van der Waals surface area contributed by atoms with Crippen molar-refractivity contribution in [1.82, 2.24) is 14.7 Å². The molecule has 9 heteroatoms. The standard InChI is InChI=1S/C16H21N3O5S/c1-20-12-8-11(9-13(21-2)14(12)22-3)15-17-19(16(25)24-15)10-18-4-6-23-7-5-18/h8-9H,4-7,10H2,1-3H3. The average Bonchev–Trinajstić information content (AvgIpc) is 3.01. The number of morpholine rings is 1. The van der Waals surface area contributed by atoms with Crippen molar-refractivity contribution in [1.29, 1.82) is 0 Å². The maximum Gasteiger partial charge on any atom is 0.288 e. The van der Waals surface area contributed by atoms with Crippen LogP contribution in [0.2, 0.25) is 0 Å². The summed E-state index contributed by atoms with van der Waals surface area (Å²) in [6, 6.07) is 3.56. The number of nitrogens with zero attached hydrogens (tertiary/aromatic N) is 3. The second-order valence-electron chi connectivity index (χ2n) is 5.46. The lowest BCUT2D eigenvalue weighted by atomic mass is 10.2. The minimum Gasteiger partial charge on any atom is -0.493 e. The Morgan fingerprint density at radius 1 is 1.08 bits per heavy atom. The molecule has 0 unspecified atom stereocenters. The maximum absolute atomic E-state index is 5.67. The molecule has 25 heavy (non-hydrogen) atoms. The molecule has 136 valence electrons. The van der Waals surface area contributed by atoms with E-state index in [0.29, 0.717) is 53.4 Å². The van der Waals surface area contributed by atoms with Gasteiger partial charge < -0.3 is 23.4 Å². The van der Waals surface area contributed by atoms with Gasteiger partial charge in [-0.3, -0.25) is 4.90 Å². The number of aromatic nitrogens is 2. The molecular formula is C16H21N3O5S. The monoisotopic (exact) mass is 367 g/mol. The van der Waals surface area contributed by atoms with Crippen LogP contribution >= 0.6 is 12.2 Å². The summed E-state index contributed by atoms with van der Waals surface area (Å²) < 4.78 is 28.8. The molecule has 0 aliphatic carbocycles. The van der Waals surface area contributed by atoms with E-state index in [1.807, 2.05) is 0 Å². The first-order valence-electron chi connectivity index (χ1n) is 7.84. The molecule has 1 aliphatic rings. The fourth-order valence-corrected chi connectivity index (χ4v) is 2.83. The lowest BCUT2D eigenvalue weighted by Crippen LogP contribution is -2.37. The number of hydrogen-bond acceptors (Lipinski definition) is 8. The van der Waals surface area contributed by atoms with Gasteiger partial charge in [-0.1, -0.05) is 0 Å². The molecule has 0 amide bonds. The van der Waals surface area contributed by atoms with Gasteiger partial charge in [-0.05, 0) is 24.4 Å². The van der Waals surface area contributed by atoms with E-state index in [1.165, 1.54) is 0 Å². The molecule has 1 aromatic heterocycles. The number of methoxy groups -OCH3 is 3. The molecule has 1 aromatic carbocycles. The van der Waals surface area contributed by atoms with Gasteiger partial charge in [-0.15, -0.1) is 5.10 Å². The van der Waals surface area contributed by atoms with Crippen molar-refractivity contribution in [3.05, 3.63) is 17.0 Å². The summed E-state index contributed by atoms with van der Waals surface area (Å²) in [6.45, 7) is 3.67. The van der Waals surface area contributed by atoms with Gasteiger partial charge in [0.1, 0.15) is 0 Å². The highest BCUT2D eigenvalue weighted by Gasteiger charge is 2.18. The van der Waals surface area contributed by atoms with E-state index in [-0.39, 0.29) is 0 Å². The molecule has 3 rings (SSSR count). The van der Waals surface area contributed by atoms with Gasteiger partial charge >= 0.3 is 0 Å². The zero-order valence-corrected chi connectivity index (χ0v) is 15.3. The average molecular weight is 367 g/mol. The molecule has 0 N–H and O–H groups in total. The predicted molar refractivity (Wildman–Crippen MR) is 92.8 cm³/mol. The van der Waals surface area contributed by atoms with E-state index in [1.54, 1.807) is 38.1 Å². The van der Waals surface area contributed by atoms with Gasteiger partial charge in [0.25, 0.3) is 4.84 Å². The topological polar surface area (TPSA) is 71.1 Å². The Bertz CT molecular complexity index is 757. The van der Waals surface area contributed by atoms with E-state index < -0.39 is 0 Å². The van der Waals surface area contributed by atoms with E-state index in [2.05, 4.69) is 10.00 Å². The van der Waals surface area contributed by atoms with Crippen molar-refractivity contribution < 1.29 is 23.4 Å². The van der Waals surface area contributed by atoms with Gasteiger partial charge in [-0.2, -0.15) is 0 Å². The summed E-state index contributed by atoms with van der Waals surface area (Å²) in [5.41, 5.74) is 0.696. The Morgan fingerprint density at radius 2 is 1.72 bits per heavy atom. The van der Waals surface area contributed by atoms with Crippen LogP contribution < -0.4 is 14.2 Å². The summed E-state index contributed by atoms with van der Waals surface area (Å²) >= 11 is 5.30. The number of hydrogen-bond donors (Lipinski definition) is 0. The first kappa shape index (κ1) is 17.7. The summed E-state index contributed by atoms with van der Waals surface area (Å²) in [4.78, 5) is 2.52. The molecule has 0 spiro atoms. The number of benzene rings is 1. The van der Waals surface area contributed by atoms with E-state index in [0.717, 1.165) is 13.1 Å². The third-order valence-electron chi connectivity index (χ3n) is 3.96. The van der Waals surface area contributed by atoms with Gasteiger partial charge in [0, 0.05) is 18.7 Å². The van der Waals surface area contributed by atoms with E-state index >= 15 is 0 Å². The highest BCUT2D eigenvalue weighted by atomic mass is 32.1. The van der Waals surface area contributed by atoms with Crippen LogP contribution in [0.15, 0.2) is 16.5 Å². The zero-order valence-electron chi connectivity index (χ0n) is 14.5. The molecule has 0 bridgehead atoms. The molecule has 2 heterocycles. The van der Waals surface area contributed by atoms with Crippen LogP contribution in [0, 0.1) is 4.84 Å². The Hall–Kier alpha value is -2.10. The van der Waals surface area contributed by atoms with Gasteiger partial charge in [0.2, 0.25) is 11.6 Å². The van der Waals surface area contributed by atoms with Crippen LogP contribution in [0.4, 0.5) is 0 Å². The second kappa shape index (κ2) is 7.85. The largest absolute Gasteiger partial charge is 0.493 e. The summed E-state index contributed by atoms with van der Waals surface area (Å²) in [6.07, 6.45) is 0. The molecule has 8 nitrogen and oxygen atoms in total. The van der Waals surface area contributed by atoms with E-state index in [9.17, 15) is 0 Å². The lowest BCUT2D eigenvalue weighted by molar-refractivity contribution is 0.0206. The smallest absolute Gasteiger partial charge is 0.288 e. The fraction of sp³-hybridized carbons (Fsp3) is 0.500. The summed E-state index contributed by atoms with van der Waals surface area (Å²) in [5.74, 6) is 1.97. The molecule has 1 fully saturated rings. The molecule has 0 radical (unpaired) electrons. The second-order valence-corrected chi connectivity index (χ2v) is 5.81. The normalized spacial score (nSPS) is 15.2. The minimum atomic E-state index is 0.315. The third kappa shape index (κ3) is 3.78. The summed E-state index contributed by atoms with van der Waals surface area (Å²) in [7, 11) is 4.68. The molecular weight excluding hydrogens is 346 g/mol. The number of ether oxygens (including phenoxy) is 4. The Morgan fingerprint density at radius 3 is 2.28 bits per heavy atom.